The number of ether oxygens (including phenoxy) is 3. The predicted molar refractivity (Wildman–Crippen MR) is 141 cm³/mol. The van der Waals surface area contributed by atoms with E-state index < -0.39 is 18.3 Å². The lowest BCUT2D eigenvalue weighted by molar-refractivity contribution is 0.0282. The molecule has 1 heterocycles. The van der Waals surface area contributed by atoms with Crippen LogP contribution in [0.25, 0.3) is 0 Å². The highest BCUT2D eigenvalue weighted by Crippen LogP contribution is 2.26. The molecule has 2 aromatic rings. The molecule has 0 aromatic heterocycles. The Kier molecular flexibility index (Phi) is 12.2. The van der Waals surface area contributed by atoms with Gasteiger partial charge in [0.05, 0.1) is 32.6 Å². The minimum atomic E-state index is -0.683. The molecule has 188 valence electrons. The maximum absolute atomic E-state index is 12.1. The quantitative estimate of drug-likeness (QED) is 0.522. The van der Waals surface area contributed by atoms with Crippen molar-refractivity contribution in [2.45, 2.75) is 45.3 Å². The van der Waals surface area contributed by atoms with Gasteiger partial charge in [-0.25, -0.2) is 4.79 Å². The molecule has 0 spiro atoms. The average molecular weight is 480 g/mol. The number of rotatable bonds is 7. The number of nitrogens with zero attached hydrogens (tertiary/aromatic N) is 1. The molecule has 4 rings (SSSR count). The van der Waals surface area contributed by atoms with Crippen LogP contribution in [0.2, 0.25) is 0 Å². The lowest BCUT2D eigenvalue weighted by atomic mass is 10.0. The highest BCUT2D eigenvalue weighted by atomic mass is 16.6. The number of carbonyl (C=O) groups is 1. The summed E-state index contributed by atoms with van der Waals surface area (Å²) >= 11 is 0. The van der Waals surface area contributed by atoms with Gasteiger partial charge in [0, 0.05) is 12.1 Å². The third-order valence-electron chi connectivity index (χ3n) is 5.44. The van der Waals surface area contributed by atoms with E-state index in [0.29, 0.717) is 13.0 Å². The van der Waals surface area contributed by atoms with E-state index in [1.54, 1.807) is 38.5 Å². The molecular weight excluding hydrogens is 442 g/mol. The largest absolute Gasteiger partial charge is 0.501 e. The molecule has 0 radical (unpaired) electrons. The highest BCUT2D eigenvalue weighted by molar-refractivity contribution is 5.89. The van der Waals surface area contributed by atoms with E-state index in [1.807, 2.05) is 68.5 Å². The van der Waals surface area contributed by atoms with Crippen LogP contribution < -0.4 is 9.64 Å². The van der Waals surface area contributed by atoms with Gasteiger partial charge >= 0.3 is 6.09 Å². The van der Waals surface area contributed by atoms with Gasteiger partial charge in [0.15, 0.2) is 0 Å². The Morgan fingerprint density at radius 3 is 2.37 bits per heavy atom. The van der Waals surface area contributed by atoms with Gasteiger partial charge in [0.1, 0.15) is 11.9 Å². The Morgan fingerprint density at radius 2 is 1.71 bits per heavy atom. The zero-order valence-corrected chi connectivity index (χ0v) is 21.1. The van der Waals surface area contributed by atoms with Crippen LogP contribution in [-0.2, 0) is 15.9 Å². The minimum Gasteiger partial charge on any atom is -0.501 e. The lowest BCUT2D eigenvalue weighted by Gasteiger charge is -2.17. The number of allylic oxidation sites excluding steroid dienone is 5. The van der Waals surface area contributed by atoms with Crippen LogP contribution in [0.15, 0.2) is 90.7 Å². The Labute approximate surface area is 209 Å². The van der Waals surface area contributed by atoms with E-state index in [4.69, 9.17) is 14.2 Å². The molecule has 1 amide bonds. The number of anilines is 1. The SMILES string of the molecule is CC.COC1=CC=CC=CC1.COc1ccc(N2CC(C(O)CCc3ccccc3)OC2=O)cc1. The first-order valence-electron chi connectivity index (χ1n) is 12.0. The van der Waals surface area contributed by atoms with Gasteiger partial charge in [-0.1, -0.05) is 68.5 Å². The molecule has 1 saturated heterocycles. The van der Waals surface area contributed by atoms with Crippen molar-refractivity contribution in [1.29, 1.82) is 0 Å². The van der Waals surface area contributed by atoms with E-state index in [2.05, 4.69) is 6.08 Å². The second kappa shape index (κ2) is 15.4. The average Bonchev–Trinajstić information content (AvgIpc) is 3.12. The Bertz CT molecular complexity index is 966. The van der Waals surface area contributed by atoms with Crippen LogP contribution in [0.5, 0.6) is 5.75 Å². The number of methoxy groups -OCH3 is 2. The summed E-state index contributed by atoms with van der Waals surface area (Å²) in [4.78, 5) is 13.6. The second-order valence-corrected chi connectivity index (χ2v) is 7.68. The molecule has 1 aliphatic heterocycles. The molecule has 35 heavy (non-hydrogen) atoms. The third kappa shape index (κ3) is 8.98. The topological polar surface area (TPSA) is 68.2 Å². The number of amides is 1. The fourth-order valence-electron chi connectivity index (χ4n) is 3.51. The summed E-state index contributed by atoms with van der Waals surface area (Å²) in [5.41, 5.74) is 1.89. The van der Waals surface area contributed by atoms with Crippen LogP contribution in [-0.4, -0.2) is 44.2 Å². The first kappa shape index (κ1) is 27.7. The Morgan fingerprint density at radius 1 is 1.00 bits per heavy atom. The molecule has 0 bridgehead atoms. The zero-order valence-electron chi connectivity index (χ0n) is 21.1. The van der Waals surface area contributed by atoms with Crippen molar-refractivity contribution in [3.05, 3.63) is 96.3 Å². The monoisotopic (exact) mass is 479 g/mol. The fraction of sp³-hybridized carbons (Fsp3) is 0.345. The summed E-state index contributed by atoms with van der Waals surface area (Å²) in [6, 6.07) is 17.2. The number of aliphatic hydroxyl groups excluding tert-OH is 1. The number of aliphatic hydroxyl groups is 1. The second-order valence-electron chi connectivity index (χ2n) is 7.68. The molecule has 1 fully saturated rings. The summed E-state index contributed by atoms with van der Waals surface area (Å²) in [6.45, 7) is 4.35. The van der Waals surface area contributed by atoms with E-state index in [9.17, 15) is 9.90 Å². The number of benzene rings is 2. The minimum absolute atomic E-state index is 0.348. The summed E-state index contributed by atoms with van der Waals surface area (Å²) in [6.07, 6.45) is 10.6. The predicted octanol–water partition coefficient (Wildman–Crippen LogP) is 6.07. The number of carbonyl (C=O) groups excluding carboxylic acids is 1. The maximum atomic E-state index is 12.1. The lowest BCUT2D eigenvalue weighted by Crippen LogP contribution is -2.31. The van der Waals surface area contributed by atoms with Gasteiger partial charge in [-0.05, 0) is 48.7 Å². The molecule has 1 N–H and O–H groups in total. The zero-order chi connectivity index (χ0) is 25.5. The molecule has 6 heteroatoms. The van der Waals surface area contributed by atoms with Gasteiger partial charge in [0.2, 0.25) is 0 Å². The molecule has 0 saturated carbocycles. The van der Waals surface area contributed by atoms with Gasteiger partial charge < -0.3 is 19.3 Å². The van der Waals surface area contributed by atoms with Crippen molar-refractivity contribution < 1.29 is 24.1 Å². The summed E-state index contributed by atoms with van der Waals surface area (Å²) in [5.74, 6) is 1.74. The molecule has 2 aromatic carbocycles. The van der Waals surface area contributed by atoms with Crippen LogP contribution in [0.4, 0.5) is 10.5 Å². The van der Waals surface area contributed by atoms with Crippen LogP contribution in [0.3, 0.4) is 0 Å². The fourth-order valence-corrected chi connectivity index (χ4v) is 3.51. The van der Waals surface area contributed by atoms with Crippen LogP contribution in [0, 0.1) is 0 Å². The Hall–Kier alpha value is -3.51. The number of cyclic esters (lactones) is 1. The van der Waals surface area contributed by atoms with Gasteiger partial charge in [0.25, 0.3) is 0 Å². The van der Waals surface area contributed by atoms with E-state index in [1.165, 1.54) is 4.90 Å². The van der Waals surface area contributed by atoms with Crippen LogP contribution >= 0.6 is 0 Å². The number of hydrogen-bond acceptors (Lipinski definition) is 5. The highest BCUT2D eigenvalue weighted by Gasteiger charge is 2.36. The maximum Gasteiger partial charge on any atom is 0.414 e. The molecule has 2 unspecified atom stereocenters. The van der Waals surface area contributed by atoms with Gasteiger partial charge in [-0.3, -0.25) is 4.90 Å². The van der Waals surface area contributed by atoms with E-state index >= 15 is 0 Å². The van der Waals surface area contributed by atoms with Crippen LogP contribution in [0.1, 0.15) is 32.3 Å². The normalized spacial score (nSPS) is 17.1. The number of aryl methyl sites for hydroxylation is 1. The molecular formula is C29H37NO5. The van der Waals surface area contributed by atoms with Gasteiger partial charge in [-0.2, -0.15) is 0 Å². The van der Waals surface area contributed by atoms with E-state index in [0.717, 1.165) is 35.6 Å². The summed E-state index contributed by atoms with van der Waals surface area (Å²) in [7, 11) is 3.29. The molecule has 6 nitrogen and oxygen atoms in total. The molecule has 2 atom stereocenters. The molecule has 1 aliphatic carbocycles. The summed E-state index contributed by atoms with van der Waals surface area (Å²) < 4.78 is 15.5. The van der Waals surface area contributed by atoms with Crippen molar-refractivity contribution in [3.63, 3.8) is 0 Å². The van der Waals surface area contributed by atoms with Crippen molar-refractivity contribution >= 4 is 11.8 Å². The first-order valence-corrected chi connectivity index (χ1v) is 12.0. The van der Waals surface area contributed by atoms with E-state index in [-0.39, 0.29) is 0 Å². The van der Waals surface area contributed by atoms with Crippen molar-refractivity contribution in [2.24, 2.45) is 0 Å². The first-order chi connectivity index (χ1) is 17.1. The third-order valence-corrected chi connectivity index (χ3v) is 5.44. The van der Waals surface area contributed by atoms with Crippen molar-refractivity contribution in [3.8, 4) is 5.75 Å². The van der Waals surface area contributed by atoms with Crippen molar-refractivity contribution in [1.82, 2.24) is 0 Å². The standard InChI is InChI=1S/C19H21NO4.C8H10O.C2H6/c1-23-16-10-8-15(9-11-16)20-13-18(24-19(20)22)17(21)12-7-14-5-3-2-4-6-14;1-9-8-6-4-2-3-5-7-8;1-2/h2-6,8-11,17-18,21H,7,12-13H2,1H3;2-6H,7H2,1H3;1-2H3. The van der Waals surface area contributed by atoms with Crippen molar-refractivity contribution in [2.75, 3.05) is 25.7 Å². The smallest absolute Gasteiger partial charge is 0.414 e. The Balaban J connectivity index is 0.000000329. The van der Waals surface area contributed by atoms with Gasteiger partial charge in [-0.15, -0.1) is 0 Å². The number of hydrogen-bond donors (Lipinski definition) is 1. The summed E-state index contributed by atoms with van der Waals surface area (Å²) in [5, 5.41) is 10.4. The molecule has 2 aliphatic rings.